The Labute approximate surface area is 132 Å². The van der Waals surface area contributed by atoms with Crippen LogP contribution in [-0.4, -0.2) is 57.7 Å². The first-order valence-electron chi connectivity index (χ1n) is 7.33. The van der Waals surface area contributed by atoms with Gasteiger partial charge in [-0.25, -0.2) is 8.42 Å². The lowest BCUT2D eigenvalue weighted by Crippen LogP contribution is -2.41. The molecule has 0 aliphatic rings. The van der Waals surface area contributed by atoms with Crippen molar-refractivity contribution in [3.63, 3.8) is 0 Å². The van der Waals surface area contributed by atoms with Crippen molar-refractivity contribution in [1.29, 1.82) is 0 Å². The average Bonchev–Trinajstić information content (AvgIpc) is 2.54. The maximum Gasteiger partial charge on any atom is 0.191 e. The molecular formula is C15H25N3O3S. The number of aliphatic imine (C=N–C) groups is 1. The lowest BCUT2D eigenvalue weighted by Gasteiger charge is -2.18. The van der Waals surface area contributed by atoms with Gasteiger partial charge in [-0.2, -0.15) is 0 Å². The molecule has 0 heterocycles. The van der Waals surface area contributed by atoms with Crippen LogP contribution in [0.3, 0.4) is 0 Å². The van der Waals surface area contributed by atoms with Crippen molar-refractivity contribution in [2.75, 3.05) is 38.2 Å². The highest BCUT2D eigenvalue weighted by Gasteiger charge is 2.11. The predicted octanol–water partition coefficient (Wildman–Crippen LogP) is 0.362. The standard InChI is InChI=1S/C15H25N3O3S/c1-3-22(20,21)10-9-17-15(16-2)18-11-14(12-19)13-7-5-4-6-8-13/h4-8,14,19H,3,9-12H2,1-2H3,(H2,16,17,18). The van der Waals surface area contributed by atoms with E-state index in [0.29, 0.717) is 19.0 Å². The summed E-state index contributed by atoms with van der Waals surface area (Å²) in [4.78, 5) is 4.05. The lowest BCUT2D eigenvalue weighted by molar-refractivity contribution is 0.265. The Morgan fingerprint density at radius 2 is 1.95 bits per heavy atom. The van der Waals surface area contributed by atoms with Crippen molar-refractivity contribution in [3.05, 3.63) is 35.9 Å². The molecule has 0 bridgehead atoms. The quantitative estimate of drug-likeness (QED) is 0.474. The summed E-state index contributed by atoms with van der Waals surface area (Å²) in [6, 6.07) is 9.72. The highest BCUT2D eigenvalue weighted by Crippen LogP contribution is 2.13. The molecule has 1 atom stereocenters. The summed E-state index contributed by atoms with van der Waals surface area (Å²) in [6.07, 6.45) is 0. The number of aliphatic hydroxyl groups is 1. The molecule has 124 valence electrons. The zero-order valence-corrected chi connectivity index (χ0v) is 13.9. The highest BCUT2D eigenvalue weighted by atomic mass is 32.2. The van der Waals surface area contributed by atoms with E-state index in [-0.39, 0.29) is 24.0 Å². The van der Waals surface area contributed by atoms with Gasteiger partial charge in [0, 0.05) is 31.8 Å². The number of guanidine groups is 1. The number of nitrogens with zero attached hydrogens (tertiary/aromatic N) is 1. The van der Waals surface area contributed by atoms with Crippen LogP contribution in [0.25, 0.3) is 0 Å². The van der Waals surface area contributed by atoms with E-state index >= 15 is 0 Å². The molecule has 6 nitrogen and oxygen atoms in total. The number of sulfone groups is 1. The van der Waals surface area contributed by atoms with E-state index in [4.69, 9.17) is 0 Å². The van der Waals surface area contributed by atoms with Crippen molar-refractivity contribution >= 4 is 15.8 Å². The average molecular weight is 327 g/mol. The van der Waals surface area contributed by atoms with E-state index in [0.717, 1.165) is 5.56 Å². The first-order chi connectivity index (χ1) is 10.5. The molecule has 0 amide bonds. The van der Waals surface area contributed by atoms with Crippen LogP contribution >= 0.6 is 0 Å². The summed E-state index contributed by atoms with van der Waals surface area (Å²) >= 11 is 0. The van der Waals surface area contributed by atoms with Crippen LogP contribution in [0.2, 0.25) is 0 Å². The van der Waals surface area contributed by atoms with Crippen LogP contribution in [0.15, 0.2) is 35.3 Å². The Balaban J connectivity index is 2.46. The molecule has 0 radical (unpaired) electrons. The summed E-state index contributed by atoms with van der Waals surface area (Å²) < 4.78 is 22.9. The zero-order valence-electron chi connectivity index (χ0n) is 13.1. The zero-order chi connectivity index (χ0) is 16.4. The van der Waals surface area contributed by atoms with Crippen molar-refractivity contribution in [1.82, 2.24) is 10.6 Å². The van der Waals surface area contributed by atoms with Crippen molar-refractivity contribution in [2.45, 2.75) is 12.8 Å². The topological polar surface area (TPSA) is 90.8 Å². The van der Waals surface area contributed by atoms with E-state index in [1.807, 2.05) is 30.3 Å². The van der Waals surface area contributed by atoms with Crippen LogP contribution in [-0.2, 0) is 9.84 Å². The smallest absolute Gasteiger partial charge is 0.191 e. The van der Waals surface area contributed by atoms with Crippen LogP contribution in [0.4, 0.5) is 0 Å². The second-order valence-electron chi connectivity index (χ2n) is 4.91. The van der Waals surface area contributed by atoms with Crippen molar-refractivity contribution in [3.8, 4) is 0 Å². The molecule has 7 heteroatoms. The predicted molar refractivity (Wildman–Crippen MR) is 90.0 cm³/mol. The molecule has 1 aromatic carbocycles. The maximum atomic E-state index is 11.4. The van der Waals surface area contributed by atoms with Crippen molar-refractivity contribution < 1.29 is 13.5 Å². The Morgan fingerprint density at radius 3 is 2.50 bits per heavy atom. The molecule has 0 aliphatic heterocycles. The minimum Gasteiger partial charge on any atom is -0.396 e. The fraction of sp³-hybridized carbons (Fsp3) is 0.533. The van der Waals surface area contributed by atoms with E-state index < -0.39 is 9.84 Å². The monoisotopic (exact) mass is 327 g/mol. The van der Waals surface area contributed by atoms with Gasteiger partial charge in [-0.1, -0.05) is 37.3 Å². The number of hydrogen-bond acceptors (Lipinski definition) is 4. The Hall–Kier alpha value is -1.60. The summed E-state index contributed by atoms with van der Waals surface area (Å²) in [7, 11) is -1.36. The lowest BCUT2D eigenvalue weighted by atomic mass is 10.0. The van der Waals surface area contributed by atoms with E-state index in [1.165, 1.54) is 0 Å². The fourth-order valence-corrected chi connectivity index (χ4v) is 2.62. The maximum absolute atomic E-state index is 11.4. The van der Waals surface area contributed by atoms with Gasteiger partial charge < -0.3 is 15.7 Å². The van der Waals surface area contributed by atoms with Gasteiger partial charge in [0.25, 0.3) is 0 Å². The Kier molecular flexibility index (Phi) is 7.90. The highest BCUT2D eigenvalue weighted by molar-refractivity contribution is 7.91. The minimum absolute atomic E-state index is 0.0260. The van der Waals surface area contributed by atoms with Crippen LogP contribution in [0.5, 0.6) is 0 Å². The van der Waals surface area contributed by atoms with Gasteiger partial charge in [0.05, 0.1) is 12.4 Å². The van der Waals surface area contributed by atoms with Crippen LogP contribution < -0.4 is 10.6 Å². The van der Waals surface area contributed by atoms with E-state index in [1.54, 1.807) is 14.0 Å². The summed E-state index contributed by atoms with van der Waals surface area (Å²) in [5.74, 6) is 0.702. The Bertz CT molecular complexity index is 559. The number of aliphatic hydroxyl groups excluding tert-OH is 1. The van der Waals surface area contributed by atoms with Gasteiger partial charge in [-0.15, -0.1) is 0 Å². The molecule has 0 spiro atoms. The molecule has 1 aromatic rings. The van der Waals surface area contributed by atoms with Gasteiger partial charge >= 0.3 is 0 Å². The molecule has 0 saturated carbocycles. The van der Waals surface area contributed by atoms with Gasteiger partial charge in [0.1, 0.15) is 0 Å². The third-order valence-corrected chi connectivity index (χ3v) is 5.08. The molecule has 0 aliphatic carbocycles. The first kappa shape index (κ1) is 18.4. The van der Waals surface area contributed by atoms with Gasteiger partial charge in [-0.3, -0.25) is 4.99 Å². The Morgan fingerprint density at radius 1 is 1.27 bits per heavy atom. The molecule has 1 unspecified atom stereocenters. The molecule has 3 N–H and O–H groups in total. The summed E-state index contributed by atoms with van der Waals surface area (Å²) in [5, 5.41) is 15.6. The van der Waals surface area contributed by atoms with Gasteiger partial charge in [0.2, 0.25) is 0 Å². The molecule has 0 saturated heterocycles. The van der Waals surface area contributed by atoms with Gasteiger partial charge in [0.15, 0.2) is 15.8 Å². The summed E-state index contributed by atoms with van der Waals surface area (Å²) in [5.41, 5.74) is 1.04. The number of rotatable bonds is 8. The largest absolute Gasteiger partial charge is 0.396 e. The number of nitrogens with one attached hydrogen (secondary N) is 2. The van der Waals surface area contributed by atoms with E-state index in [2.05, 4.69) is 15.6 Å². The fourth-order valence-electron chi connectivity index (χ4n) is 1.92. The first-order valence-corrected chi connectivity index (χ1v) is 9.15. The molecule has 0 aromatic heterocycles. The number of hydrogen-bond donors (Lipinski definition) is 3. The second kappa shape index (κ2) is 9.42. The van der Waals surface area contributed by atoms with Crippen LogP contribution in [0, 0.1) is 0 Å². The summed E-state index contributed by atoms with van der Waals surface area (Å²) in [6.45, 7) is 2.48. The molecule has 0 fully saturated rings. The molecule has 1 rings (SSSR count). The normalized spacial score (nSPS) is 13.7. The SMILES string of the molecule is CCS(=O)(=O)CCNC(=NC)NCC(CO)c1ccccc1. The van der Waals surface area contributed by atoms with Crippen molar-refractivity contribution in [2.24, 2.45) is 4.99 Å². The second-order valence-corrected chi connectivity index (χ2v) is 7.38. The van der Waals surface area contributed by atoms with E-state index in [9.17, 15) is 13.5 Å². The molecular weight excluding hydrogens is 302 g/mol. The molecule has 22 heavy (non-hydrogen) atoms. The third kappa shape index (κ3) is 6.44. The van der Waals surface area contributed by atoms with Crippen LogP contribution in [0.1, 0.15) is 18.4 Å². The third-order valence-electron chi connectivity index (χ3n) is 3.38. The minimum atomic E-state index is -2.99. The number of benzene rings is 1. The van der Waals surface area contributed by atoms with Gasteiger partial charge in [-0.05, 0) is 5.56 Å².